The molecule has 1 heterocycles. The van der Waals surface area contributed by atoms with Crippen LogP contribution in [0.25, 0.3) is 0 Å². The Morgan fingerprint density at radius 3 is 2.88 bits per heavy atom. The first kappa shape index (κ1) is 12.2. The number of rotatable bonds is 4. The zero-order valence-corrected chi connectivity index (χ0v) is 11.0. The van der Waals surface area contributed by atoms with Gasteiger partial charge in [0.25, 0.3) is 0 Å². The molecule has 0 fully saturated rings. The molecule has 1 aliphatic heterocycles. The van der Waals surface area contributed by atoms with Crippen LogP contribution in [0.5, 0.6) is 5.75 Å². The lowest BCUT2D eigenvalue weighted by atomic mass is 9.97. The zero-order valence-electron chi connectivity index (χ0n) is 11.0. The average molecular weight is 234 g/mol. The van der Waals surface area contributed by atoms with E-state index in [9.17, 15) is 0 Å². The summed E-state index contributed by atoms with van der Waals surface area (Å²) in [5.74, 6) is 1.04. The van der Waals surface area contributed by atoms with Crippen molar-refractivity contribution in [2.24, 2.45) is 5.73 Å². The molecule has 0 atom stereocenters. The maximum atomic E-state index is 5.67. The second kappa shape index (κ2) is 4.57. The molecule has 0 aromatic heterocycles. The van der Waals surface area contributed by atoms with Gasteiger partial charge in [-0.3, -0.25) is 0 Å². The molecule has 2 N–H and O–H groups in total. The zero-order chi connectivity index (χ0) is 12.5. The number of ether oxygens (including phenoxy) is 1. The summed E-state index contributed by atoms with van der Waals surface area (Å²) in [7, 11) is 2.13. The molecule has 0 aliphatic carbocycles. The second-order valence-corrected chi connectivity index (χ2v) is 5.30. The first-order valence-corrected chi connectivity index (χ1v) is 6.24. The van der Waals surface area contributed by atoms with Crippen molar-refractivity contribution in [1.29, 1.82) is 0 Å². The average Bonchev–Trinajstić information content (AvgIpc) is 2.74. The number of anilines is 1. The van der Waals surface area contributed by atoms with E-state index in [1.54, 1.807) is 0 Å². The Morgan fingerprint density at radius 2 is 2.18 bits per heavy atom. The SMILES string of the molecule is CN(c1ccc2c(c1)CCO2)C(C)(C)CCN. The van der Waals surface area contributed by atoms with E-state index in [0.29, 0.717) is 6.54 Å². The van der Waals surface area contributed by atoms with Crippen LogP contribution in [0.3, 0.4) is 0 Å². The van der Waals surface area contributed by atoms with Crippen LogP contribution in [-0.2, 0) is 6.42 Å². The molecule has 3 heteroatoms. The minimum atomic E-state index is 0.0858. The van der Waals surface area contributed by atoms with Gasteiger partial charge in [0, 0.05) is 24.7 Å². The van der Waals surface area contributed by atoms with E-state index < -0.39 is 0 Å². The summed E-state index contributed by atoms with van der Waals surface area (Å²) < 4.78 is 5.53. The van der Waals surface area contributed by atoms with Crippen LogP contribution in [0, 0.1) is 0 Å². The van der Waals surface area contributed by atoms with Crippen LogP contribution < -0.4 is 15.4 Å². The summed E-state index contributed by atoms with van der Waals surface area (Å²) in [5.41, 5.74) is 8.32. The number of hydrogen-bond donors (Lipinski definition) is 1. The maximum Gasteiger partial charge on any atom is 0.122 e. The van der Waals surface area contributed by atoms with Gasteiger partial charge in [0.2, 0.25) is 0 Å². The molecule has 94 valence electrons. The highest BCUT2D eigenvalue weighted by Crippen LogP contribution is 2.32. The van der Waals surface area contributed by atoms with E-state index in [0.717, 1.165) is 25.2 Å². The second-order valence-electron chi connectivity index (χ2n) is 5.30. The van der Waals surface area contributed by atoms with Gasteiger partial charge in [-0.15, -0.1) is 0 Å². The Bertz CT molecular complexity index is 401. The molecular weight excluding hydrogens is 212 g/mol. The van der Waals surface area contributed by atoms with Gasteiger partial charge >= 0.3 is 0 Å². The molecule has 0 radical (unpaired) electrons. The third-order valence-corrected chi connectivity index (χ3v) is 3.72. The lowest BCUT2D eigenvalue weighted by Gasteiger charge is -2.37. The molecule has 0 saturated carbocycles. The topological polar surface area (TPSA) is 38.5 Å². The molecule has 0 amide bonds. The fourth-order valence-electron chi connectivity index (χ4n) is 2.25. The number of nitrogens with two attached hydrogens (primary N) is 1. The highest BCUT2D eigenvalue weighted by atomic mass is 16.5. The molecule has 0 bridgehead atoms. The van der Waals surface area contributed by atoms with E-state index in [2.05, 4.69) is 44.0 Å². The van der Waals surface area contributed by atoms with Crippen molar-refractivity contribution < 1.29 is 4.74 Å². The van der Waals surface area contributed by atoms with E-state index in [4.69, 9.17) is 10.5 Å². The third kappa shape index (κ3) is 2.39. The molecule has 2 rings (SSSR count). The molecule has 0 saturated heterocycles. The van der Waals surface area contributed by atoms with Crippen LogP contribution in [0.15, 0.2) is 18.2 Å². The fourth-order valence-corrected chi connectivity index (χ4v) is 2.25. The minimum absolute atomic E-state index is 0.0858. The predicted molar refractivity (Wildman–Crippen MR) is 71.8 cm³/mol. The molecule has 1 aromatic carbocycles. The molecule has 0 spiro atoms. The number of hydrogen-bond acceptors (Lipinski definition) is 3. The van der Waals surface area contributed by atoms with Crippen LogP contribution >= 0.6 is 0 Å². The highest BCUT2D eigenvalue weighted by Gasteiger charge is 2.24. The van der Waals surface area contributed by atoms with Crippen LogP contribution in [-0.4, -0.2) is 25.7 Å². The summed E-state index contributed by atoms with van der Waals surface area (Å²) in [6.07, 6.45) is 2.01. The molecule has 0 unspecified atom stereocenters. The Morgan fingerprint density at radius 1 is 1.41 bits per heavy atom. The van der Waals surface area contributed by atoms with Crippen molar-refractivity contribution in [2.75, 3.05) is 25.1 Å². The fraction of sp³-hybridized carbons (Fsp3) is 0.571. The molecule has 1 aromatic rings. The van der Waals surface area contributed by atoms with Crippen molar-refractivity contribution in [1.82, 2.24) is 0 Å². The summed E-state index contributed by atoms with van der Waals surface area (Å²) in [5, 5.41) is 0. The van der Waals surface area contributed by atoms with Crippen molar-refractivity contribution in [2.45, 2.75) is 32.2 Å². The molecular formula is C14H22N2O. The van der Waals surface area contributed by atoms with Gasteiger partial charge in [-0.25, -0.2) is 0 Å². The summed E-state index contributed by atoms with van der Waals surface area (Å²) >= 11 is 0. The van der Waals surface area contributed by atoms with Gasteiger partial charge < -0.3 is 15.4 Å². The minimum Gasteiger partial charge on any atom is -0.493 e. The highest BCUT2D eigenvalue weighted by molar-refractivity contribution is 5.55. The summed E-state index contributed by atoms with van der Waals surface area (Å²) in [4.78, 5) is 2.30. The van der Waals surface area contributed by atoms with Gasteiger partial charge in [-0.2, -0.15) is 0 Å². The van der Waals surface area contributed by atoms with Crippen molar-refractivity contribution in [3.63, 3.8) is 0 Å². The summed E-state index contributed by atoms with van der Waals surface area (Å²) in [6, 6.07) is 6.44. The van der Waals surface area contributed by atoms with Gasteiger partial charge in [0.15, 0.2) is 0 Å². The lowest BCUT2D eigenvalue weighted by Crippen LogP contribution is -2.42. The Hall–Kier alpha value is -1.22. The number of benzene rings is 1. The van der Waals surface area contributed by atoms with E-state index in [-0.39, 0.29) is 5.54 Å². The quantitative estimate of drug-likeness (QED) is 0.868. The van der Waals surface area contributed by atoms with Gasteiger partial charge in [-0.05, 0) is 50.6 Å². The maximum absolute atomic E-state index is 5.67. The van der Waals surface area contributed by atoms with Gasteiger partial charge in [-0.1, -0.05) is 0 Å². The predicted octanol–water partition coefficient (Wildman–Crippen LogP) is 2.19. The first-order chi connectivity index (χ1) is 8.04. The van der Waals surface area contributed by atoms with Crippen molar-refractivity contribution in [3.05, 3.63) is 23.8 Å². The largest absolute Gasteiger partial charge is 0.493 e. The third-order valence-electron chi connectivity index (χ3n) is 3.72. The smallest absolute Gasteiger partial charge is 0.122 e. The number of nitrogens with zero attached hydrogens (tertiary/aromatic N) is 1. The molecule has 1 aliphatic rings. The lowest BCUT2D eigenvalue weighted by molar-refractivity contribution is 0.357. The number of fused-ring (bicyclic) bond motifs is 1. The Kier molecular flexibility index (Phi) is 3.29. The van der Waals surface area contributed by atoms with E-state index in [1.807, 2.05) is 0 Å². The van der Waals surface area contributed by atoms with Gasteiger partial charge in [0.1, 0.15) is 5.75 Å². The van der Waals surface area contributed by atoms with Crippen LogP contribution in [0.1, 0.15) is 25.8 Å². The normalized spacial score (nSPS) is 14.4. The standard InChI is InChI=1S/C14H22N2O/c1-14(2,7-8-15)16(3)12-4-5-13-11(10-12)6-9-17-13/h4-5,10H,6-9,15H2,1-3H3. The van der Waals surface area contributed by atoms with E-state index in [1.165, 1.54) is 11.3 Å². The monoisotopic (exact) mass is 234 g/mol. The van der Waals surface area contributed by atoms with Gasteiger partial charge in [0.05, 0.1) is 6.61 Å². The molecule has 3 nitrogen and oxygen atoms in total. The van der Waals surface area contributed by atoms with Crippen LogP contribution in [0.2, 0.25) is 0 Å². The van der Waals surface area contributed by atoms with Crippen molar-refractivity contribution >= 4 is 5.69 Å². The van der Waals surface area contributed by atoms with Crippen molar-refractivity contribution in [3.8, 4) is 5.75 Å². The molecule has 17 heavy (non-hydrogen) atoms. The Balaban J connectivity index is 2.22. The Labute approximate surface area is 104 Å². The van der Waals surface area contributed by atoms with E-state index >= 15 is 0 Å². The first-order valence-electron chi connectivity index (χ1n) is 6.24. The summed E-state index contributed by atoms with van der Waals surface area (Å²) in [6.45, 7) is 5.98. The van der Waals surface area contributed by atoms with Crippen LogP contribution in [0.4, 0.5) is 5.69 Å².